The van der Waals surface area contributed by atoms with Crippen LogP contribution in [-0.2, 0) is 0 Å². The third-order valence-electron chi connectivity index (χ3n) is 4.38. The van der Waals surface area contributed by atoms with Crippen LogP contribution in [-0.4, -0.2) is 34.7 Å². The Morgan fingerprint density at radius 1 is 1.12 bits per heavy atom. The molecule has 2 nitrogen and oxygen atoms in total. The molecule has 2 heteroatoms. The number of aliphatic hydroxyl groups excluding tert-OH is 1. The first kappa shape index (κ1) is 12.4. The van der Waals surface area contributed by atoms with Crippen LogP contribution in [0.1, 0.15) is 58.8 Å². The highest BCUT2D eigenvalue weighted by molar-refractivity contribution is 4.94. The lowest BCUT2D eigenvalue weighted by atomic mass is 9.80. The summed E-state index contributed by atoms with van der Waals surface area (Å²) in [5.74, 6) is 0.829. The Morgan fingerprint density at radius 2 is 1.88 bits per heavy atom. The van der Waals surface area contributed by atoms with E-state index in [4.69, 9.17) is 0 Å². The lowest BCUT2D eigenvalue weighted by Gasteiger charge is -2.41. The summed E-state index contributed by atoms with van der Waals surface area (Å²) >= 11 is 0. The molecule has 1 N–H and O–H groups in total. The molecule has 94 valence electrons. The van der Waals surface area contributed by atoms with Crippen LogP contribution in [0.3, 0.4) is 0 Å². The second-order valence-electron chi connectivity index (χ2n) is 5.67. The van der Waals surface area contributed by atoms with E-state index in [-0.39, 0.29) is 6.10 Å². The number of aliphatic hydroxyl groups is 1. The normalized spacial score (nSPS) is 35.6. The van der Waals surface area contributed by atoms with E-state index in [1.807, 2.05) is 0 Å². The average Bonchev–Trinajstić information content (AvgIpc) is 3.10. The van der Waals surface area contributed by atoms with Crippen LogP contribution >= 0.6 is 0 Å². The first-order chi connectivity index (χ1) is 7.76. The fourth-order valence-corrected chi connectivity index (χ4v) is 3.35. The first-order valence-corrected chi connectivity index (χ1v) is 7.20. The zero-order valence-electron chi connectivity index (χ0n) is 10.9. The van der Waals surface area contributed by atoms with Crippen molar-refractivity contribution in [2.75, 3.05) is 6.54 Å². The molecule has 0 radical (unpaired) electrons. The molecule has 0 saturated heterocycles. The van der Waals surface area contributed by atoms with Gasteiger partial charge < -0.3 is 5.11 Å². The van der Waals surface area contributed by atoms with Crippen molar-refractivity contribution in [2.24, 2.45) is 5.92 Å². The molecule has 3 atom stereocenters. The van der Waals surface area contributed by atoms with Gasteiger partial charge in [0.15, 0.2) is 0 Å². The SMILES string of the molecule is CCCN(C1CC1)C1CC(O)CCC1CC. The Morgan fingerprint density at radius 3 is 2.44 bits per heavy atom. The van der Waals surface area contributed by atoms with Gasteiger partial charge in [-0.1, -0.05) is 20.3 Å². The fourth-order valence-electron chi connectivity index (χ4n) is 3.35. The van der Waals surface area contributed by atoms with Gasteiger partial charge in [0.1, 0.15) is 0 Å². The van der Waals surface area contributed by atoms with E-state index in [1.165, 1.54) is 38.6 Å². The third kappa shape index (κ3) is 2.78. The first-order valence-electron chi connectivity index (χ1n) is 7.20. The van der Waals surface area contributed by atoms with Gasteiger partial charge in [0.05, 0.1) is 6.10 Å². The van der Waals surface area contributed by atoms with Gasteiger partial charge in [0, 0.05) is 12.1 Å². The summed E-state index contributed by atoms with van der Waals surface area (Å²) in [4.78, 5) is 2.72. The van der Waals surface area contributed by atoms with E-state index in [0.717, 1.165) is 24.8 Å². The summed E-state index contributed by atoms with van der Waals surface area (Å²) in [7, 11) is 0. The summed E-state index contributed by atoms with van der Waals surface area (Å²) in [5.41, 5.74) is 0. The smallest absolute Gasteiger partial charge is 0.0555 e. The minimum Gasteiger partial charge on any atom is -0.393 e. The Balaban J connectivity index is 2.00. The van der Waals surface area contributed by atoms with Crippen molar-refractivity contribution >= 4 is 0 Å². The van der Waals surface area contributed by atoms with Gasteiger partial charge in [0.2, 0.25) is 0 Å². The molecule has 2 saturated carbocycles. The van der Waals surface area contributed by atoms with Crippen molar-refractivity contribution < 1.29 is 5.11 Å². The average molecular weight is 225 g/mol. The molecule has 2 aliphatic rings. The van der Waals surface area contributed by atoms with Gasteiger partial charge in [-0.3, -0.25) is 4.90 Å². The Kier molecular flexibility index (Phi) is 4.26. The van der Waals surface area contributed by atoms with Gasteiger partial charge in [-0.25, -0.2) is 0 Å². The van der Waals surface area contributed by atoms with Crippen molar-refractivity contribution in [2.45, 2.75) is 77.0 Å². The van der Waals surface area contributed by atoms with Gasteiger partial charge >= 0.3 is 0 Å². The van der Waals surface area contributed by atoms with E-state index in [0.29, 0.717) is 6.04 Å². The van der Waals surface area contributed by atoms with Gasteiger partial charge in [0.25, 0.3) is 0 Å². The van der Waals surface area contributed by atoms with E-state index in [9.17, 15) is 5.11 Å². The summed E-state index contributed by atoms with van der Waals surface area (Å²) in [5, 5.41) is 9.89. The Bertz CT molecular complexity index is 215. The van der Waals surface area contributed by atoms with Crippen LogP contribution in [0.25, 0.3) is 0 Å². The highest BCUT2D eigenvalue weighted by Crippen LogP contribution is 2.37. The van der Waals surface area contributed by atoms with Crippen LogP contribution in [0.5, 0.6) is 0 Å². The molecule has 2 rings (SSSR count). The molecule has 0 aliphatic heterocycles. The Labute approximate surface area is 100 Å². The minimum atomic E-state index is -0.0362. The van der Waals surface area contributed by atoms with E-state index >= 15 is 0 Å². The summed E-state index contributed by atoms with van der Waals surface area (Å²) < 4.78 is 0. The Hall–Kier alpha value is -0.0800. The maximum absolute atomic E-state index is 9.89. The van der Waals surface area contributed by atoms with Gasteiger partial charge in [-0.05, 0) is 51.0 Å². The zero-order chi connectivity index (χ0) is 11.5. The molecule has 2 fully saturated rings. The van der Waals surface area contributed by atoms with Crippen molar-refractivity contribution in [3.63, 3.8) is 0 Å². The number of hydrogen-bond acceptors (Lipinski definition) is 2. The molecule has 0 aromatic carbocycles. The quantitative estimate of drug-likeness (QED) is 0.777. The fraction of sp³-hybridized carbons (Fsp3) is 1.00. The number of rotatable bonds is 5. The van der Waals surface area contributed by atoms with Crippen LogP contribution in [0.2, 0.25) is 0 Å². The van der Waals surface area contributed by atoms with E-state index in [2.05, 4.69) is 18.7 Å². The van der Waals surface area contributed by atoms with Gasteiger partial charge in [-0.2, -0.15) is 0 Å². The maximum atomic E-state index is 9.89. The van der Waals surface area contributed by atoms with Crippen molar-refractivity contribution in [3.8, 4) is 0 Å². The van der Waals surface area contributed by atoms with Crippen LogP contribution in [0.15, 0.2) is 0 Å². The molecule has 0 bridgehead atoms. The summed E-state index contributed by atoms with van der Waals surface area (Å²) in [6, 6.07) is 1.52. The lowest BCUT2D eigenvalue weighted by molar-refractivity contribution is 0.0215. The lowest BCUT2D eigenvalue weighted by Crippen LogP contribution is -2.47. The van der Waals surface area contributed by atoms with Crippen LogP contribution < -0.4 is 0 Å². The molecular weight excluding hydrogens is 198 g/mol. The highest BCUT2D eigenvalue weighted by Gasteiger charge is 2.39. The second-order valence-corrected chi connectivity index (χ2v) is 5.67. The predicted octanol–water partition coefficient (Wildman–Crippen LogP) is 2.80. The molecular formula is C14H27NO. The van der Waals surface area contributed by atoms with Crippen molar-refractivity contribution in [3.05, 3.63) is 0 Å². The molecule has 2 aliphatic carbocycles. The third-order valence-corrected chi connectivity index (χ3v) is 4.38. The molecule has 0 aromatic rings. The summed E-state index contributed by atoms with van der Waals surface area (Å²) in [6.45, 7) is 5.82. The monoisotopic (exact) mass is 225 g/mol. The standard InChI is InChI=1S/C14H27NO/c1-3-9-15(12-6-7-12)14-10-13(16)8-5-11(14)4-2/h11-14,16H,3-10H2,1-2H3. The predicted molar refractivity (Wildman–Crippen MR) is 67.4 cm³/mol. The minimum absolute atomic E-state index is 0.0362. The second kappa shape index (κ2) is 5.50. The topological polar surface area (TPSA) is 23.5 Å². The largest absolute Gasteiger partial charge is 0.393 e. The zero-order valence-corrected chi connectivity index (χ0v) is 10.9. The molecule has 16 heavy (non-hydrogen) atoms. The summed E-state index contributed by atoms with van der Waals surface area (Å²) in [6.07, 6.45) is 8.56. The van der Waals surface area contributed by atoms with E-state index in [1.54, 1.807) is 0 Å². The molecule has 0 amide bonds. The van der Waals surface area contributed by atoms with E-state index < -0.39 is 0 Å². The molecule has 0 heterocycles. The number of hydrogen-bond donors (Lipinski definition) is 1. The molecule has 0 aromatic heterocycles. The molecule has 3 unspecified atom stereocenters. The number of nitrogens with zero attached hydrogens (tertiary/aromatic N) is 1. The van der Waals surface area contributed by atoms with Gasteiger partial charge in [-0.15, -0.1) is 0 Å². The van der Waals surface area contributed by atoms with Crippen molar-refractivity contribution in [1.29, 1.82) is 0 Å². The molecule has 0 spiro atoms. The van der Waals surface area contributed by atoms with Crippen LogP contribution in [0.4, 0.5) is 0 Å². The van der Waals surface area contributed by atoms with Crippen LogP contribution in [0, 0.1) is 5.92 Å². The maximum Gasteiger partial charge on any atom is 0.0555 e. The van der Waals surface area contributed by atoms with Crippen molar-refractivity contribution in [1.82, 2.24) is 4.90 Å². The highest BCUT2D eigenvalue weighted by atomic mass is 16.3.